The van der Waals surface area contributed by atoms with E-state index in [1.807, 2.05) is 0 Å². The van der Waals surface area contributed by atoms with Crippen LogP contribution in [0.5, 0.6) is 0 Å². The molecule has 1 aliphatic rings. The van der Waals surface area contributed by atoms with E-state index in [4.69, 9.17) is 5.73 Å². The van der Waals surface area contributed by atoms with Gasteiger partial charge in [0.15, 0.2) is 0 Å². The number of nitrogens with two attached hydrogens (primary N) is 1. The molecule has 0 bridgehead atoms. The smallest absolute Gasteiger partial charge is 0.0971 e. The molecule has 2 atom stereocenters. The molecule has 0 aromatic carbocycles. The van der Waals surface area contributed by atoms with Crippen LogP contribution in [0.25, 0.3) is 0 Å². The normalized spacial score (nSPS) is 30.5. The molecule has 1 saturated carbocycles. The highest BCUT2D eigenvalue weighted by atomic mass is 14.9. The first-order valence-corrected chi connectivity index (χ1v) is 5.55. The molecule has 2 N–H and O–H groups in total. The Labute approximate surface area is 81.6 Å². The van der Waals surface area contributed by atoms with Gasteiger partial charge in [-0.2, -0.15) is 0 Å². The van der Waals surface area contributed by atoms with Gasteiger partial charge in [-0.3, -0.25) is 4.99 Å². The summed E-state index contributed by atoms with van der Waals surface area (Å²) in [4.78, 5) is 4.41. The summed E-state index contributed by atoms with van der Waals surface area (Å²) in [6.07, 6.45) is 6.38. The van der Waals surface area contributed by atoms with Gasteiger partial charge in [-0.25, -0.2) is 0 Å². The summed E-state index contributed by atoms with van der Waals surface area (Å²) in [5.74, 6) is 2.23. The predicted octanol–water partition coefficient (Wildman–Crippen LogP) is 2.58. The first-order chi connectivity index (χ1) is 6.25. The lowest BCUT2D eigenvalue weighted by atomic mass is 9.80. The monoisotopic (exact) mass is 182 g/mol. The molecular weight excluding hydrogens is 160 g/mol. The van der Waals surface area contributed by atoms with Crippen LogP contribution in [0.3, 0.4) is 0 Å². The number of hydrogen-bond donors (Lipinski definition) is 1. The molecule has 0 heterocycles. The van der Waals surface area contributed by atoms with Gasteiger partial charge in [-0.05, 0) is 18.8 Å². The highest BCUT2D eigenvalue weighted by Crippen LogP contribution is 2.29. The molecule has 76 valence electrons. The van der Waals surface area contributed by atoms with Crippen molar-refractivity contribution in [3.63, 3.8) is 0 Å². The number of aliphatic imine (C=N–C) groups is 1. The maximum atomic E-state index is 5.97. The van der Waals surface area contributed by atoms with Crippen molar-refractivity contribution in [3.05, 3.63) is 0 Å². The van der Waals surface area contributed by atoms with Gasteiger partial charge < -0.3 is 5.73 Å². The van der Waals surface area contributed by atoms with Crippen molar-refractivity contribution in [2.24, 2.45) is 22.6 Å². The maximum absolute atomic E-state index is 5.97. The largest absolute Gasteiger partial charge is 0.387 e. The van der Waals surface area contributed by atoms with Crippen molar-refractivity contribution in [1.29, 1.82) is 0 Å². The lowest BCUT2D eigenvalue weighted by molar-refractivity contribution is 0.322. The van der Waals surface area contributed by atoms with Crippen LogP contribution < -0.4 is 5.73 Å². The Morgan fingerprint density at radius 3 is 2.69 bits per heavy atom. The molecule has 0 amide bonds. The second-order valence-electron chi connectivity index (χ2n) is 4.17. The molecule has 0 radical (unpaired) electrons. The summed E-state index contributed by atoms with van der Waals surface area (Å²) in [6.45, 7) is 5.34. The van der Waals surface area contributed by atoms with Crippen LogP contribution in [0.15, 0.2) is 4.99 Å². The van der Waals surface area contributed by atoms with Gasteiger partial charge in [0, 0.05) is 12.5 Å². The Kier molecular flexibility index (Phi) is 4.26. The van der Waals surface area contributed by atoms with Crippen LogP contribution in [0.2, 0.25) is 0 Å². The molecule has 13 heavy (non-hydrogen) atoms. The topological polar surface area (TPSA) is 38.4 Å². The van der Waals surface area contributed by atoms with Gasteiger partial charge in [-0.15, -0.1) is 0 Å². The third kappa shape index (κ3) is 3.02. The summed E-state index contributed by atoms with van der Waals surface area (Å²) in [7, 11) is 0. The number of amidine groups is 1. The molecule has 1 rings (SSSR count). The van der Waals surface area contributed by atoms with Crippen molar-refractivity contribution in [3.8, 4) is 0 Å². The van der Waals surface area contributed by atoms with E-state index in [-0.39, 0.29) is 0 Å². The zero-order valence-electron chi connectivity index (χ0n) is 8.92. The third-order valence-corrected chi connectivity index (χ3v) is 3.01. The van der Waals surface area contributed by atoms with Crippen molar-refractivity contribution in [1.82, 2.24) is 0 Å². The van der Waals surface area contributed by atoms with Crippen molar-refractivity contribution in [2.75, 3.05) is 6.54 Å². The van der Waals surface area contributed by atoms with Crippen LogP contribution in [0.4, 0.5) is 0 Å². The number of nitrogens with zero attached hydrogens (tertiary/aromatic N) is 1. The van der Waals surface area contributed by atoms with Crippen LogP contribution in [-0.2, 0) is 0 Å². The molecule has 0 aliphatic heterocycles. The van der Waals surface area contributed by atoms with E-state index in [2.05, 4.69) is 18.8 Å². The summed E-state index contributed by atoms with van der Waals surface area (Å²) >= 11 is 0. The Morgan fingerprint density at radius 2 is 2.08 bits per heavy atom. The van der Waals surface area contributed by atoms with Gasteiger partial charge in [0.1, 0.15) is 0 Å². The minimum Gasteiger partial charge on any atom is -0.387 e. The molecule has 1 fully saturated rings. The second-order valence-corrected chi connectivity index (χ2v) is 4.17. The lowest BCUT2D eigenvalue weighted by Crippen LogP contribution is -2.31. The quantitative estimate of drug-likeness (QED) is 0.529. The summed E-state index contributed by atoms with van der Waals surface area (Å²) in [5.41, 5.74) is 5.97. The highest BCUT2D eigenvalue weighted by molar-refractivity contribution is 5.83. The standard InChI is InChI=1S/C11H22N2/c1-3-8-13-11(12)10-7-5-4-6-9(10)2/h9-10H,3-8H2,1-2H3,(H2,12,13). The fourth-order valence-electron chi connectivity index (χ4n) is 2.11. The van der Waals surface area contributed by atoms with E-state index in [1.54, 1.807) is 0 Å². The van der Waals surface area contributed by atoms with Gasteiger partial charge in [0.05, 0.1) is 5.84 Å². The molecule has 0 saturated heterocycles. The van der Waals surface area contributed by atoms with E-state index in [1.165, 1.54) is 25.7 Å². The van der Waals surface area contributed by atoms with Crippen LogP contribution in [0, 0.1) is 11.8 Å². The molecule has 0 aromatic rings. The van der Waals surface area contributed by atoms with Gasteiger partial charge in [0.2, 0.25) is 0 Å². The zero-order chi connectivity index (χ0) is 9.68. The summed E-state index contributed by atoms with van der Waals surface area (Å²) in [5, 5.41) is 0. The average molecular weight is 182 g/mol. The van der Waals surface area contributed by atoms with E-state index < -0.39 is 0 Å². The molecule has 1 aliphatic carbocycles. The predicted molar refractivity (Wildman–Crippen MR) is 57.9 cm³/mol. The van der Waals surface area contributed by atoms with Crippen molar-refractivity contribution in [2.45, 2.75) is 46.0 Å². The lowest BCUT2D eigenvalue weighted by Gasteiger charge is -2.28. The average Bonchev–Trinajstić information content (AvgIpc) is 2.15. The third-order valence-electron chi connectivity index (χ3n) is 3.01. The SMILES string of the molecule is CCCN=C(N)C1CCCCC1C. The Balaban J connectivity index is 2.47. The summed E-state index contributed by atoms with van der Waals surface area (Å²) < 4.78 is 0. The van der Waals surface area contributed by atoms with Gasteiger partial charge >= 0.3 is 0 Å². The first kappa shape index (κ1) is 10.6. The molecule has 0 spiro atoms. The van der Waals surface area contributed by atoms with Crippen LogP contribution in [0.1, 0.15) is 46.0 Å². The fourth-order valence-corrected chi connectivity index (χ4v) is 2.11. The van der Waals surface area contributed by atoms with Gasteiger partial charge in [0.25, 0.3) is 0 Å². The Morgan fingerprint density at radius 1 is 1.38 bits per heavy atom. The van der Waals surface area contributed by atoms with Crippen LogP contribution >= 0.6 is 0 Å². The fraction of sp³-hybridized carbons (Fsp3) is 0.909. The second kappa shape index (κ2) is 5.25. The zero-order valence-corrected chi connectivity index (χ0v) is 8.92. The van der Waals surface area contributed by atoms with E-state index >= 15 is 0 Å². The van der Waals surface area contributed by atoms with Gasteiger partial charge in [-0.1, -0.05) is 33.1 Å². The Bertz CT molecular complexity index is 175. The molecule has 2 heteroatoms. The Hall–Kier alpha value is -0.530. The van der Waals surface area contributed by atoms with Crippen molar-refractivity contribution >= 4 is 5.84 Å². The maximum Gasteiger partial charge on any atom is 0.0971 e. The minimum absolute atomic E-state index is 0.570. The number of hydrogen-bond acceptors (Lipinski definition) is 1. The number of rotatable bonds is 3. The van der Waals surface area contributed by atoms with E-state index in [9.17, 15) is 0 Å². The van der Waals surface area contributed by atoms with Crippen molar-refractivity contribution < 1.29 is 0 Å². The molecular formula is C11H22N2. The minimum atomic E-state index is 0.570. The first-order valence-electron chi connectivity index (χ1n) is 5.55. The van der Waals surface area contributed by atoms with Crippen LogP contribution in [-0.4, -0.2) is 12.4 Å². The molecule has 2 nitrogen and oxygen atoms in total. The molecule has 0 aromatic heterocycles. The van der Waals surface area contributed by atoms with E-state index in [0.717, 1.165) is 24.7 Å². The highest BCUT2D eigenvalue weighted by Gasteiger charge is 2.23. The summed E-state index contributed by atoms with van der Waals surface area (Å²) in [6, 6.07) is 0. The van der Waals surface area contributed by atoms with E-state index in [0.29, 0.717) is 5.92 Å². The molecule has 2 unspecified atom stereocenters.